The molecule has 0 aromatic rings. The fraction of sp³-hybridized carbons (Fsp3) is 0.900. The topological polar surface area (TPSA) is 55.6 Å². The van der Waals surface area contributed by atoms with Crippen molar-refractivity contribution in [3.8, 4) is 0 Å². The summed E-state index contributed by atoms with van der Waals surface area (Å²) >= 11 is 0. The molecule has 1 aliphatic rings. The highest BCUT2D eigenvalue weighted by Crippen LogP contribution is 2.19. The highest BCUT2D eigenvalue weighted by Gasteiger charge is 2.24. The molecule has 0 saturated heterocycles. The highest BCUT2D eigenvalue weighted by atomic mass is 16.6. The number of nitrogens with zero attached hydrogens (tertiary/aromatic N) is 1. The molecule has 0 aromatic carbocycles. The molecule has 0 heterocycles. The number of ether oxygens (including phenoxy) is 1. The second-order valence-corrected chi connectivity index (χ2v) is 4.12. The third kappa shape index (κ3) is 3.18. The van der Waals surface area contributed by atoms with Crippen LogP contribution in [0.3, 0.4) is 0 Å². The van der Waals surface area contributed by atoms with E-state index in [0.29, 0.717) is 0 Å². The van der Waals surface area contributed by atoms with Gasteiger partial charge in [-0.05, 0) is 19.3 Å². The Bertz CT molecular complexity index is 195. The van der Waals surface area contributed by atoms with Crippen LogP contribution in [0.5, 0.6) is 0 Å². The van der Waals surface area contributed by atoms with Crippen LogP contribution in [0.25, 0.3) is 0 Å². The third-order valence-corrected chi connectivity index (χ3v) is 2.62. The van der Waals surface area contributed by atoms with Crippen LogP contribution in [0.4, 0.5) is 4.79 Å². The van der Waals surface area contributed by atoms with Crippen molar-refractivity contribution in [2.75, 3.05) is 14.1 Å². The standard InChI is InChI=1S/C10H20N2O2/c1-12(2)10(13)14-9-7-5-3-4-6-8(9)11/h8-9H,3-7,11H2,1-2H3. The summed E-state index contributed by atoms with van der Waals surface area (Å²) < 4.78 is 5.31. The Hall–Kier alpha value is -0.770. The summed E-state index contributed by atoms with van der Waals surface area (Å²) in [5.41, 5.74) is 5.93. The zero-order valence-corrected chi connectivity index (χ0v) is 9.03. The van der Waals surface area contributed by atoms with Gasteiger partial charge in [0.25, 0.3) is 0 Å². The average Bonchev–Trinajstić information content (AvgIpc) is 2.32. The van der Waals surface area contributed by atoms with E-state index in [1.54, 1.807) is 14.1 Å². The van der Waals surface area contributed by atoms with Crippen LogP contribution in [-0.2, 0) is 4.74 Å². The molecule has 0 aromatic heterocycles. The Morgan fingerprint density at radius 1 is 1.29 bits per heavy atom. The summed E-state index contributed by atoms with van der Waals surface area (Å²) in [7, 11) is 3.37. The van der Waals surface area contributed by atoms with Crippen LogP contribution >= 0.6 is 0 Å². The minimum atomic E-state index is -0.285. The molecule has 0 aliphatic heterocycles. The number of carbonyl (C=O) groups excluding carboxylic acids is 1. The van der Waals surface area contributed by atoms with Gasteiger partial charge < -0.3 is 15.4 Å². The van der Waals surface area contributed by atoms with Gasteiger partial charge in [0.1, 0.15) is 6.10 Å². The van der Waals surface area contributed by atoms with Crippen molar-refractivity contribution in [3.05, 3.63) is 0 Å². The van der Waals surface area contributed by atoms with Crippen molar-refractivity contribution in [2.24, 2.45) is 5.73 Å². The fourth-order valence-corrected chi connectivity index (χ4v) is 1.68. The van der Waals surface area contributed by atoms with Crippen LogP contribution in [0.15, 0.2) is 0 Å². The van der Waals surface area contributed by atoms with Crippen LogP contribution in [0.1, 0.15) is 32.1 Å². The lowest BCUT2D eigenvalue weighted by Crippen LogP contribution is -2.39. The lowest BCUT2D eigenvalue weighted by molar-refractivity contribution is 0.0582. The van der Waals surface area contributed by atoms with Gasteiger partial charge in [-0.1, -0.05) is 12.8 Å². The normalized spacial score (nSPS) is 27.9. The van der Waals surface area contributed by atoms with Crippen molar-refractivity contribution in [1.29, 1.82) is 0 Å². The molecule has 2 N–H and O–H groups in total. The summed E-state index contributed by atoms with van der Waals surface area (Å²) in [6.45, 7) is 0. The maximum atomic E-state index is 11.3. The fourth-order valence-electron chi connectivity index (χ4n) is 1.68. The van der Waals surface area contributed by atoms with Gasteiger partial charge in [0, 0.05) is 20.1 Å². The minimum absolute atomic E-state index is 0.0152. The van der Waals surface area contributed by atoms with E-state index < -0.39 is 0 Å². The Labute approximate surface area is 85.4 Å². The first-order chi connectivity index (χ1) is 6.61. The van der Waals surface area contributed by atoms with Gasteiger partial charge in [-0.2, -0.15) is 0 Å². The quantitative estimate of drug-likeness (QED) is 0.650. The van der Waals surface area contributed by atoms with Crippen LogP contribution < -0.4 is 5.73 Å². The number of nitrogens with two attached hydrogens (primary N) is 1. The van der Waals surface area contributed by atoms with E-state index in [1.807, 2.05) is 0 Å². The molecule has 1 saturated carbocycles. The number of hydrogen-bond donors (Lipinski definition) is 1. The van der Waals surface area contributed by atoms with Crippen molar-refractivity contribution < 1.29 is 9.53 Å². The lowest BCUT2D eigenvalue weighted by atomic mass is 10.1. The molecule has 0 spiro atoms. The molecular formula is C10H20N2O2. The zero-order valence-electron chi connectivity index (χ0n) is 9.03. The first kappa shape index (κ1) is 11.3. The maximum absolute atomic E-state index is 11.3. The van der Waals surface area contributed by atoms with E-state index in [0.717, 1.165) is 25.7 Å². The highest BCUT2D eigenvalue weighted by molar-refractivity contribution is 5.67. The van der Waals surface area contributed by atoms with Gasteiger partial charge >= 0.3 is 6.09 Å². The van der Waals surface area contributed by atoms with E-state index in [4.69, 9.17) is 10.5 Å². The molecule has 4 nitrogen and oxygen atoms in total. The number of amides is 1. The third-order valence-electron chi connectivity index (χ3n) is 2.62. The molecular weight excluding hydrogens is 180 g/mol. The average molecular weight is 200 g/mol. The van der Waals surface area contributed by atoms with Crippen molar-refractivity contribution in [1.82, 2.24) is 4.90 Å². The van der Waals surface area contributed by atoms with Crippen molar-refractivity contribution >= 4 is 6.09 Å². The summed E-state index contributed by atoms with van der Waals surface area (Å²) in [6, 6.07) is 0.0152. The monoisotopic (exact) mass is 200 g/mol. The van der Waals surface area contributed by atoms with Gasteiger partial charge in [-0.25, -0.2) is 4.79 Å². The Morgan fingerprint density at radius 2 is 1.93 bits per heavy atom. The Kier molecular flexibility index (Phi) is 4.20. The van der Waals surface area contributed by atoms with E-state index >= 15 is 0 Å². The first-order valence-electron chi connectivity index (χ1n) is 5.25. The summed E-state index contributed by atoms with van der Waals surface area (Å²) in [5, 5.41) is 0. The summed E-state index contributed by atoms with van der Waals surface area (Å²) in [4.78, 5) is 12.8. The molecule has 4 heteroatoms. The number of carbonyl (C=O) groups is 1. The first-order valence-corrected chi connectivity index (χ1v) is 5.25. The summed E-state index contributed by atoms with van der Waals surface area (Å²) in [5.74, 6) is 0. The smallest absolute Gasteiger partial charge is 0.409 e. The summed E-state index contributed by atoms with van der Waals surface area (Å²) in [6.07, 6.45) is 4.95. The molecule has 82 valence electrons. The van der Waals surface area contributed by atoms with Crippen molar-refractivity contribution in [2.45, 2.75) is 44.2 Å². The largest absolute Gasteiger partial charge is 0.444 e. The van der Waals surface area contributed by atoms with Crippen molar-refractivity contribution in [3.63, 3.8) is 0 Å². The molecule has 0 bridgehead atoms. The molecule has 1 aliphatic carbocycles. The van der Waals surface area contributed by atoms with E-state index in [-0.39, 0.29) is 18.2 Å². The molecule has 1 fully saturated rings. The van der Waals surface area contributed by atoms with Gasteiger partial charge in [0.15, 0.2) is 0 Å². The molecule has 2 unspecified atom stereocenters. The van der Waals surface area contributed by atoms with E-state index in [9.17, 15) is 4.79 Å². The van der Waals surface area contributed by atoms with E-state index in [1.165, 1.54) is 11.3 Å². The van der Waals surface area contributed by atoms with Crippen LogP contribution in [-0.4, -0.2) is 37.2 Å². The molecule has 2 atom stereocenters. The zero-order chi connectivity index (χ0) is 10.6. The van der Waals surface area contributed by atoms with Crippen LogP contribution in [0.2, 0.25) is 0 Å². The van der Waals surface area contributed by atoms with Gasteiger partial charge in [0.2, 0.25) is 0 Å². The maximum Gasteiger partial charge on any atom is 0.409 e. The predicted octanol–water partition coefficient (Wildman–Crippen LogP) is 1.34. The van der Waals surface area contributed by atoms with Gasteiger partial charge in [-0.15, -0.1) is 0 Å². The number of hydrogen-bond acceptors (Lipinski definition) is 3. The van der Waals surface area contributed by atoms with Crippen LogP contribution in [0, 0.1) is 0 Å². The molecule has 1 amide bonds. The van der Waals surface area contributed by atoms with Gasteiger partial charge in [0.05, 0.1) is 0 Å². The molecule has 0 radical (unpaired) electrons. The number of rotatable bonds is 1. The predicted molar refractivity (Wildman–Crippen MR) is 55.0 cm³/mol. The lowest BCUT2D eigenvalue weighted by Gasteiger charge is -2.23. The minimum Gasteiger partial charge on any atom is -0.444 e. The van der Waals surface area contributed by atoms with E-state index in [2.05, 4.69) is 0 Å². The molecule has 1 rings (SSSR count). The Morgan fingerprint density at radius 3 is 2.57 bits per heavy atom. The second-order valence-electron chi connectivity index (χ2n) is 4.12. The Balaban J connectivity index is 2.44. The van der Waals surface area contributed by atoms with Gasteiger partial charge in [-0.3, -0.25) is 0 Å². The SMILES string of the molecule is CN(C)C(=O)OC1CCCCCC1N. The second kappa shape index (κ2) is 5.20. The molecule has 14 heavy (non-hydrogen) atoms.